The molecule has 246 valence electrons. The van der Waals surface area contributed by atoms with Crippen LogP contribution in [0.4, 0.5) is 4.39 Å². The van der Waals surface area contributed by atoms with E-state index in [1.54, 1.807) is 12.1 Å². The standard InChI is InChI=1S/C40H46FNO4Si/c1-39(2,3)47(6,7)46-25-24-40(4,5)37-33(26-28-16-18-30(19-17-28)38(43)44)36-34(42(37)32-22-20-31(41)21-23-32)14-11-15-35(36)45-27-29-12-9-8-10-13-29/h8-23H,24-27H2,1-7H3,(H,43,44). The molecule has 5 aromatic rings. The second-order valence-electron chi connectivity index (χ2n) is 14.5. The molecule has 47 heavy (non-hydrogen) atoms. The lowest BCUT2D eigenvalue weighted by atomic mass is 9.81. The first-order chi connectivity index (χ1) is 22.2. The monoisotopic (exact) mass is 651 g/mol. The van der Waals surface area contributed by atoms with Crippen LogP contribution >= 0.6 is 0 Å². The highest BCUT2D eigenvalue weighted by molar-refractivity contribution is 6.74. The zero-order chi connectivity index (χ0) is 34.0. The van der Waals surface area contributed by atoms with Gasteiger partial charge in [0.25, 0.3) is 0 Å². The summed E-state index contributed by atoms with van der Waals surface area (Å²) in [6.07, 6.45) is 1.32. The number of hydrogen-bond donors (Lipinski definition) is 1. The van der Waals surface area contributed by atoms with Gasteiger partial charge in [0.2, 0.25) is 0 Å². The topological polar surface area (TPSA) is 60.7 Å². The third-order valence-corrected chi connectivity index (χ3v) is 14.1. The summed E-state index contributed by atoms with van der Waals surface area (Å²) in [5, 5.41) is 10.6. The molecule has 0 aliphatic carbocycles. The van der Waals surface area contributed by atoms with Gasteiger partial charge in [0.1, 0.15) is 18.2 Å². The number of hydrogen-bond acceptors (Lipinski definition) is 3. The van der Waals surface area contributed by atoms with E-state index in [0.29, 0.717) is 19.6 Å². The summed E-state index contributed by atoms with van der Waals surface area (Å²) in [7, 11) is -1.98. The molecule has 0 amide bonds. The third kappa shape index (κ3) is 7.52. The van der Waals surface area contributed by atoms with E-state index in [2.05, 4.69) is 58.3 Å². The number of aromatic nitrogens is 1. The molecule has 7 heteroatoms. The van der Waals surface area contributed by atoms with Gasteiger partial charge in [0, 0.05) is 35.2 Å². The maximum atomic E-state index is 14.2. The van der Waals surface area contributed by atoms with Crippen LogP contribution in [0.25, 0.3) is 16.6 Å². The van der Waals surface area contributed by atoms with Crippen LogP contribution in [-0.4, -0.2) is 30.6 Å². The molecular weight excluding hydrogens is 606 g/mol. The molecule has 0 bridgehead atoms. The molecule has 1 aromatic heterocycles. The van der Waals surface area contributed by atoms with Crippen molar-refractivity contribution in [1.29, 1.82) is 0 Å². The number of nitrogens with zero attached hydrogens (tertiary/aromatic N) is 1. The predicted octanol–water partition coefficient (Wildman–Crippen LogP) is 10.3. The van der Waals surface area contributed by atoms with Gasteiger partial charge >= 0.3 is 5.97 Å². The minimum Gasteiger partial charge on any atom is -0.488 e. The average molecular weight is 652 g/mol. The van der Waals surface area contributed by atoms with Crippen LogP contribution in [0.2, 0.25) is 18.1 Å². The molecule has 0 spiro atoms. The fourth-order valence-electron chi connectivity index (χ4n) is 5.85. The number of fused-ring (bicyclic) bond motifs is 1. The lowest BCUT2D eigenvalue weighted by molar-refractivity contribution is 0.0697. The van der Waals surface area contributed by atoms with Crippen LogP contribution in [0.15, 0.2) is 97.1 Å². The SMILES string of the molecule is CC(C)(CCO[Si](C)(C)C(C)(C)C)c1c(Cc2ccc(C(=O)O)cc2)c2c(OCc3ccccc3)cccc2n1-c1ccc(F)cc1. The van der Waals surface area contributed by atoms with Gasteiger partial charge in [-0.05, 0) is 89.8 Å². The van der Waals surface area contributed by atoms with Gasteiger partial charge in [-0.1, -0.05) is 83.1 Å². The predicted molar refractivity (Wildman–Crippen MR) is 191 cm³/mol. The molecule has 0 aliphatic rings. The molecule has 4 aromatic carbocycles. The fraction of sp³-hybridized carbons (Fsp3) is 0.325. The molecule has 0 unspecified atom stereocenters. The Hall–Kier alpha value is -4.20. The van der Waals surface area contributed by atoms with Crippen LogP contribution in [0.1, 0.15) is 73.8 Å². The highest BCUT2D eigenvalue weighted by Crippen LogP contribution is 2.44. The Balaban J connectivity index is 1.70. The van der Waals surface area contributed by atoms with Crippen LogP contribution in [0.5, 0.6) is 5.75 Å². The second-order valence-corrected chi connectivity index (χ2v) is 19.3. The molecule has 0 radical (unpaired) electrons. The summed E-state index contributed by atoms with van der Waals surface area (Å²) in [6.45, 7) is 16.8. The van der Waals surface area contributed by atoms with E-state index in [1.807, 2.05) is 66.7 Å². The van der Waals surface area contributed by atoms with Gasteiger partial charge in [-0.3, -0.25) is 0 Å². The van der Waals surface area contributed by atoms with Gasteiger partial charge in [0.05, 0.1) is 11.1 Å². The molecular formula is C40H46FNO4Si. The van der Waals surface area contributed by atoms with Crippen molar-refractivity contribution >= 4 is 25.2 Å². The Kier molecular flexibility index (Phi) is 9.80. The van der Waals surface area contributed by atoms with E-state index in [9.17, 15) is 14.3 Å². The van der Waals surface area contributed by atoms with E-state index < -0.39 is 14.3 Å². The van der Waals surface area contributed by atoms with Gasteiger partial charge in [-0.25, -0.2) is 9.18 Å². The molecule has 0 atom stereocenters. The van der Waals surface area contributed by atoms with Crippen LogP contribution < -0.4 is 4.74 Å². The maximum Gasteiger partial charge on any atom is 0.335 e. The first-order valence-electron chi connectivity index (χ1n) is 16.2. The zero-order valence-corrected chi connectivity index (χ0v) is 29.6. The molecule has 1 heterocycles. The normalized spacial score (nSPS) is 12.4. The highest BCUT2D eigenvalue weighted by Gasteiger charge is 2.38. The number of carbonyl (C=O) groups is 1. The summed E-state index contributed by atoms with van der Waals surface area (Å²) < 4.78 is 29.8. The van der Waals surface area contributed by atoms with Crippen molar-refractivity contribution in [1.82, 2.24) is 4.57 Å². The largest absolute Gasteiger partial charge is 0.488 e. The zero-order valence-electron chi connectivity index (χ0n) is 28.6. The van der Waals surface area contributed by atoms with Crippen molar-refractivity contribution in [3.05, 3.63) is 131 Å². The smallest absolute Gasteiger partial charge is 0.335 e. The lowest BCUT2D eigenvalue weighted by Gasteiger charge is -2.37. The Morgan fingerprint density at radius 1 is 0.830 bits per heavy atom. The Labute approximate surface area is 279 Å². The van der Waals surface area contributed by atoms with E-state index in [1.165, 1.54) is 12.1 Å². The van der Waals surface area contributed by atoms with Crippen molar-refractivity contribution in [2.75, 3.05) is 6.61 Å². The number of benzene rings is 4. The first-order valence-corrected chi connectivity index (χ1v) is 19.1. The van der Waals surface area contributed by atoms with Gasteiger partial charge in [-0.15, -0.1) is 0 Å². The Morgan fingerprint density at radius 2 is 1.49 bits per heavy atom. The van der Waals surface area contributed by atoms with Gasteiger partial charge in [-0.2, -0.15) is 0 Å². The molecule has 0 saturated heterocycles. The quantitative estimate of drug-likeness (QED) is 0.136. The number of aromatic carboxylic acids is 1. The van der Waals surface area contributed by atoms with Crippen molar-refractivity contribution in [3.63, 3.8) is 0 Å². The lowest BCUT2D eigenvalue weighted by Crippen LogP contribution is -2.41. The molecule has 0 fully saturated rings. The third-order valence-electron chi connectivity index (χ3n) is 9.60. The van der Waals surface area contributed by atoms with Gasteiger partial charge in [0.15, 0.2) is 8.32 Å². The summed E-state index contributed by atoms with van der Waals surface area (Å²) in [5.41, 5.74) is 5.94. The van der Waals surface area contributed by atoms with E-state index in [0.717, 1.165) is 51.1 Å². The molecule has 5 nitrogen and oxygen atoms in total. The number of ether oxygens (including phenoxy) is 1. The number of carboxylic acid groups (broad SMARTS) is 1. The average Bonchev–Trinajstić information content (AvgIpc) is 3.36. The van der Waals surface area contributed by atoms with Crippen molar-refractivity contribution in [3.8, 4) is 11.4 Å². The summed E-state index contributed by atoms with van der Waals surface area (Å²) in [5.74, 6) is -0.483. The summed E-state index contributed by atoms with van der Waals surface area (Å²) in [4.78, 5) is 11.6. The fourth-order valence-corrected chi connectivity index (χ4v) is 6.89. The van der Waals surface area contributed by atoms with Crippen LogP contribution in [0, 0.1) is 5.82 Å². The minimum atomic E-state index is -1.98. The number of rotatable bonds is 12. The molecule has 0 aliphatic heterocycles. The highest BCUT2D eigenvalue weighted by atomic mass is 28.4. The minimum absolute atomic E-state index is 0.0957. The number of halogens is 1. The molecule has 1 N–H and O–H groups in total. The van der Waals surface area contributed by atoms with Crippen molar-refractivity contribution < 1.29 is 23.5 Å². The molecule has 5 rings (SSSR count). The van der Waals surface area contributed by atoms with Crippen LogP contribution in [0.3, 0.4) is 0 Å². The summed E-state index contributed by atoms with van der Waals surface area (Å²) in [6, 6.07) is 29.9. The van der Waals surface area contributed by atoms with Crippen LogP contribution in [-0.2, 0) is 22.9 Å². The van der Waals surface area contributed by atoms with E-state index in [-0.39, 0.29) is 21.8 Å². The molecule has 0 saturated carbocycles. The maximum absolute atomic E-state index is 14.2. The Bertz CT molecular complexity index is 1840. The second kappa shape index (κ2) is 13.5. The van der Waals surface area contributed by atoms with Gasteiger partial charge < -0.3 is 18.8 Å². The Morgan fingerprint density at radius 3 is 2.11 bits per heavy atom. The van der Waals surface area contributed by atoms with E-state index in [4.69, 9.17) is 9.16 Å². The number of carboxylic acids is 1. The van der Waals surface area contributed by atoms with Crippen molar-refractivity contribution in [2.24, 2.45) is 0 Å². The first kappa shape index (κ1) is 34.1. The summed E-state index contributed by atoms with van der Waals surface area (Å²) >= 11 is 0. The van der Waals surface area contributed by atoms with Crippen molar-refractivity contribution in [2.45, 2.75) is 77.6 Å². The van der Waals surface area contributed by atoms with E-state index >= 15 is 0 Å².